The van der Waals surface area contributed by atoms with Crippen molar-refractivity contribution < 1.29 is 9.90 Å². The Balaban J connectivity index is 2.36. The molecule has 0 spiro atoms. The second kappa shape index (κ2) is 4.15. The zero-order chi connectivity index (χ0) is 12.6. The third kappa shape index (κ3) is 1.84. The van der Waals surface area contributed by atoms with Gasteiger partial charge in [0, 0.05) is 6.04 Å². The van der Waals surface area contributed by atoms with Gasteiger partial charge in [0.1, 0.15) is 0 Å². The maximum Gasteiger partial charge on any atom is 0.311 e. The van der Waals surface area contributed by atoms with E-state index >= 15 is 0 Å². The van der Waals surface area contributed by atoms with E-state index in [9.17, 15) is 9.90 Å². The molecule has 1 aromatic rings. The summed E-state index contributed by atoms with van der Waals surface area (Å²) in [6.07, 6.45) is 2.35. The molecule has 1 aliphatic rings. The molecule has 0 saturated heterocycles. The number of carboxylic acids is 1. The standard InChI is InChI=1S/C14H19NO2/c1-9-4-5-11(10(2)8-9)12(15)14(13(16)17)6-3-7-14/h4-5,8,12H,3,6-7,15H2,1-2H3,(H,16,17). The third-order valence-corrected chi connectivity index (χ3v) is 4.03. The molecule has 1 atom stereocenters. The summed E-state index contributed by atoms with van der Waals surface area (Å²) in [4.78, 5) is 11.4. The van der Waals surface area contributed by atoms with Crippen LogP contribution in [0.5, 0.6) is 0 Å². The number of aliphatic carboxylic acids is 1. The second-order valence-corrected chi connectivity index (χ2v) is 5.15. The highest BCUT2D eigenvalue weighted by molar-refractivity contribution is 5.77. The van der Waals surface area contributed by atoms with Crippen molar-refractivity contribution in [2.75, 3.05) is 0 Å². The van der Waals surface area contributed by atoms with Crippen molar-refractivity contribution >= 4 is 5.97 Å². The van der Waals surface area contributed by atoms with Crippen LogP contribution in [0.1, 0.15) is 42.0 Å². The van der Waals surface area contributed by atoms with E-state index in [0.717, 1.165) is 17.5 Å². The lowest BCUT2D eigenvalue weighted by Gasteiger charge is -2.43. The van der Waals surface area contributed by atoms with E-state index < -0.39 is 17.4 Å². The van der Waals surface area contributed by atoms with Crippen LogP contribution in [0, 0.1) is 19.3 Å². The monoisotopic (exact) mass is 233 g/mol. The summed E-state index contributed by atoms with van der Waals surface area (Å²) in [6, 6.07) is 5.63. The lowest BCUT2D eigenvalue weighted by atomic mass is 9.62. The van der Waals surface area contributed by atoms with Crippen LogP contribution < -0.4 is 5.73 Å². The van der Waals surface area contributed by atoms with Crippen LogP contribution in [0.4, 0.5) is 0 Å². The molecule has 1 saturated carbocycles. The number of benzene rings is 1. The average molecular weight is 233 g/mol. The Kier molecular flexibility index (Phi) is 2.96. The van der Waals surface area contributed by atoms with Gasteiger partial charge < -0.3 is 10.8 Å². The molecule has 0 radical (unpaired) electrons. The summed E-state index contributed by atoms with van der Waals surface area (Å²) in [7, 11) is 0. The first-order chi connectivity index (χ1) is 7.97. The van der Waals surface area contributed by atoms with Crippen LogP contribution in [0.25, 0.3) is 0 Å². The van der Waals surface area contributed by atoms with Gasteiger partial charge in [-0.25, -0.2) is 0 Å². The first-order valence-corrected chi connectivity index (χ1v) is 6.03. The molecule has 17 heavy (non-hydrogen) atoms. The largest absolute Gasteiger partial charge is 0.481 e. The fourth-order valence-corrected chi connectivity index (χ4v) is 2.69. The van der Waals surface area contributed by atoms with Gasteiger partial charge in [-0.3, -0.25) is 4.79 Å². The Morgan fingerprint density at radius 3 is 2.47 bits per heavy atom. The van der Waals surface area contributed by atoms with Crippen LogP contribution in [-0.4, -0.2) is 11.1 Å². The van der Waals surface area contributed by atoms with Gasteiger partial charge >= 0.3 is 5.97 Å². The van der Waals surface area contributed by atoms with E-state index in [-0.39, 0.29) is 0 Å². The lowest BCUT2D eigenvalue weighted by Crippen LogP contribution is -2.47. The third-order valence-electron chi connectivity index (χ3n) is 4.03. The quantitative estimate of drug-likeness (QED) is 0.843. The fourth-order valence-electron chi connectivity index (χ4n) is 2.69. The minimum atomic E-state index is -0.753. The van der Waals surface area contributed by atoms with Gasteiger partial charge in [0.05, 0.1) is 5.41 Å². The Hall–Kier alpha value is -1.35. The van der Waals surface area contributed by atoms with Gasteiger partial charge in [0.25, 0.3) is 0 Å². The lowest BCUT2D eigenvalue weighted by molar-refractivity contribution is -0.156. The SMILES string of the molecule is Cc1ccc(C(N)C2(C(=O)O)CCC2)c(C)c1. The zero-order valence-corrected chi connectivity index (χ0v) is 10.4. The summed E-state index contributed by atoms with van der Waals surface area (Å²) in [6.45, 7) is 4.02. The first kappa shape index (κ1) is 12.1. The highest BCUT2D eigenvalue weighted by Crippen LogP contribution is 2.49. The van der Waals surface area contributed by atoms with Gasteiger partial charge in [-0.05, 0) is 37.8 Å². The van der Waals surface area contributed by atoms with Crippen molar-refractivity contribution in [1.82, 2.24) is 0 Å². The predicted octanol–water partition coefficient (Wildman–Crippen LogP) is 2.56. The molecule has 1 aliphatic carbocycles. The van der Waals surface area contributed by atoms with Crippen LogP contribution in [-0.2, 0) is 4.79 Å². The van der Waals surface area contributed by atoms with Crippen LogP contribution >= 0.6 is 0 Å². The first-order valence-electron chi connectivity index (χ1n) is 6.03. The van der Waals surface area contributed by atoms with Gasteiger partial charge in [0.15, 0.2) is 0 Å². The number of aryl methyl sites for hydroxylation is 2. The van der Waals surface area contributed by atoms with E-state index in [0.29, 0.717) is 12.8 Å². The van der Waals surface area contributed by atoms with Crippen molar-refractivity contribution in [3.8, 4) is 0 Å². The highest BCUT2D eigenvalue weighted by atomic mass is 16.4. The smallest absolute Gasteiger partial charge is 0.311 e. The summed E-state index contributed by atoms with van der Waals surface area (Å²) in [5.74, 6) is -0.753. The average Bonchev–Trinajstić information content (AvgIpc) is 2.14. The van der Waals surface area contributed by atoms with Gasteiger partial charge in [-0.2, -0.15) is 0 Å². The summed E-state index contributed by atoms with van der Waals surface area (Å²) in [5.41, 5.74) is 8.71. The highest BCUT2D eigenvalue weighted by Gasteiger charge is 2.50. The summed E-state index contributed by atoms with van der Waals surface area (Å²) < 4.78 is 0. The van der Waals surface area contributed by atoms with E-state index in [1.807, 2.05) is 26.0 Å². The number of carboxylic acid groups (broad SMARTS) is 1. The van der Waals surface area contributed by atoms with Crippen molar-refractivity contribution in [3.05, 3.63) is 34.9 Å². The molecule has 92 valence electrons. The molecule has 3 N–H and O–H groups in total. The van der Waals surface area contributed by atoms with Gasteiger partial charge in [0.2, 0.25) is 0 Å². The van der Waals surface area contributed by atoms with Gasteiger partial charge in [-0.1, -0.05) is 30.2 Å². The number of hydrogen-bond acceptors (Lipinski definition) is 2. The van der Waals surface area contributed by atoms with E-state index in [2.05, 4.69) is 6.07 Å². The van der Waals surface area contributed by atoms with Crippen molar-refractivity contribution in [3.63, 3.8) is 0 Å². The Morgan fingerprint density at radius 1 is 1.41 bits per heavy atom. The normalized spacial score (nSPS) is 19.5. The molecule has 0 amide bonds. The van der Waals surface area contributed by atoms with Crippen molar-refractivity contribution in [2.24, 2.45) is 11.1 Å². The summed E-state index contributed by atoms with van der Waals surface area (Å²) in [5, 5.41) is 9.38. The van der Waals surface area contributed by atoms with E-state index in [1.165, 1.54) is 5.56 Å². The van der Waals surface area contributed by atoms with E-state index in [4.69, 9.17) is 5.73 Å². The van der Waals surface area contributed by atoms with Gasteiger partial charge in [-0.15, -0.1) is 0 Å². The molecule has 1 unspecified atom stereocenters. The van der Waals surface area contributed by atoms with Crippen molar-refractivity contribution in [2.45, 2.75) is 39.2 Å². The molecular weight excluding hydrogens is 214 g/mol. The molecule has 1 fully saturated rings. The molecule has 1 aromatic carbocycles. The maximum absolute atomic E-state index is 11.4. The fraction of sp³-hybridized carbons (Fsp3) is 0.500. The molecule has 0 heterocycles. The van der Waals surface area contributed by atoms with Crippen LogP contribution in [0.2, 0.25) is 0 Å². The predicted molar refractivity (Wildman–Crippen MR) is 66.8 cm³/mol. The molecular formula is C14H19NO2. The summed E-state index contributed by atoms with van der Waals surface area (Å²) >= 11 is 0. The van der Waals surface area contributed by atoms with Crippen molar-refractivity contribution in [1.29, 1.82) is 0 Å². The van der Waals surface area contributed by atoms with Crippen LogP contribution in [0.3, 0.4) is 0 Å². The number of nitrogens with two attached hydrogens (primary N) is 1. The molecule has 0 bridgehead atoms. The second-order valence-electron chi connectivity index (χ2n) is 5.15. The maximum atomic E-state index is 11.4. The Morgan fingerprint density at radius 2 is 2.06 bits per heavy atom. The Bertz CT molecular complexity index is 450. The zero-order valence-electron chi connectivity index (χ0n) is 10.4. The number of hydrogen-bond donors (Lipinski definition) is 2. The number of rotatable bonds is 3. The molecule has 2 rings (SSSR count). The van der Waals surface area contributed by atoms with Crippen LogP contribution in [0.15, 0.2) is 18.2 Å². The number of carbonyl (C=O) groups is 1. The molecule has 0 aliphatic heterocycles. The molecule has 0 aromatic heterocycles. The molecule has 3 nitrogen and oxygen atoms in total. The van der Waals surface area contributed by atoms with E-state index in [1.54, 1.807) is 0 Å². The molecule has 3 heteroatoms. The Labute approximate surface area is 102 Å². The topological polar surface area (TPSA) is 63.3 Å². The minimum absolute atomic E-state index is 0.394. The minimum Gasteiger partial charge on any atom is -0.481 e.